The Kier molecular flexibility index (Phi) is 9.37. The van der Waals surface area contributed by atoms with Gasteiger partial charge in [0, 0.05) is 16.2 Å². The van der Waals surface area contributed by atoms with Gasteiger partial charge in [-0.1, -0.05) is 96.5 Å². The highest BCUT2D eigenvalue weighted by atomic mass is 16.3. The molecule has 1 aromatic heterocycles. The Hall–Kier alpha value is -4.82. The molecule has 0 N–H and O–H groups in total. The van der Waals surface area contributed by atoms with Crippen LogP contribution in [0.25, 0.3) is 98.1 Å². The third kappa shape index (κ3) is 5.22. The van der Waals surface area contributed by atoms with Crippen molar-refractivity contribution in [1.29, 1.82) is 0 Å². The van der Waals surface area contributed by atoms with Gasteiger partial charge in [-0.05, 0) is 88.9 Å². The van der Waals surface area contributed by atoms with Crippen molar-refractivity contribution in [3.05, 3.63) is 54.6 Å². The number of rotatable bonds is 2. The van der Waals surface area contributed by atoms with Crippen molar-refractivity contribution in [3.63, 3.8) is 0 Å². The van der Waals surface area contributed by atoms with Crippen molar-refractivity contribution in [3.8, 4) is 22.3 Å². The summed E-state index contributed by atoms with van der Waals surface area (Å²) in [7, 11) is 40.2. The lowest BCUT2D eigenvalue weighted by Gasteiger charge is -2.31. The summed E-state index contributed by atoms with van der Waals surface area (Å²) < 4.78 is 6.71. The Morgan fingerprint density at radius 1 is 0.274 bits per heavy atom. The summed E-state index contributed by atoms with van der Waals surface area (Å²) in [6.07, 6.45) is 0. The zero-order chi connectivity index (χ0) is 44.3. The molecular weight excluding hydrogens is 728 g/mol. The van der Waals surface area contributed by atoms with Crippen LogP contribution in [0.5, 0.6) is 0 Å². The van der Waals surface area contributed by atoms with Crippen LogP contribution in [-0.4, -0.2) is 133 Å². The summed E-state index contributed by atoms with van der Waals surface area (Å²) >= 11 is 0. The fourth-order valence-electron chi connectivity index (χ4n) is 12.1. The van der Waals surface area contributed by atoms with E-state index in [9.17, 15) is 0 Å². The lowest BCUT2D eigenvalue weighted by molar-refractivity contribution is 0.672. The second kappa shape index (κ2) is 14.1. The van der Waals surface area contributed by atoms with E-state index in [1.165, 1.54) is 164 Å². The van der Waals surface area contributed by atoms with Crippen LogP contribution in [0.1, 0.15) is 0 Å². The van der Waals surface area contributed by atoms with E-state index in [0.717, 1.165) is 27.3 Å². The van der Waals surface area contributed by atoms with Gasteiger partial charge < -0.3 is 4.42 Å². The minimum atomic E-state index is 0.928. The summed E-state index contributed by atoms with van der Waals surface area (Å²) in [5.74, 6) is 0. The van der Waals surface area contributed by atoms with Crippen LogP contribution >= 0.6 is 0 Å². The van der Waals surface area contributed by atoms with E-state index in [1.54, 1.807) is 0 Å². The van der Waals surface area contributed by atoms with Gasteiger partial charge in [0.1, 0.15) is 145 Å². The van der Waals surface area contributed by atoms with Crippen molar-refractivity contribution in [2.45, 2.75) is 0 Å². The van der Waals surface area contributed by atoms with E-state index < -0.39 is 0 Å². The maximum atomic E-state index is 6.71. The van der Waals surface area contributed by atoms with Crippen LogP contribution in [-0.2, 0) is 0 Å². The summed E-state index contributed by atoms with van der Waals surface area (Å²) in [5.41, 5.74) is 30.9. The van der Waals surface area contributed by atoms with Gasteiger partial charge >= 0.3 is 0 Å². The zero-order valence-corrected chi connectivity index (χ0v) is 40.1. The smallest absolute Gasteiger partial charge is 0.143 e. The monoisotopic (exact) mass is 774 g/mol. The minimum Gasteiger partial charge on any atom is -0.455 e. The molecule has 0 saturated heterocycles. The number of furan rings is 1. The van der Waals surface area contributed by atoms with Crippen LogP contribution in [0.2, 0.25) is 0 Å². The lowest BCUT2D eigenvalue weighted by Crippen LogP contribution is -2.51. The first-order chi connectivity index (χ1) is 29.4. The van der Waals surface area contributed by atoms with Gasteiger partial charge in [-0.15, -0.1) is 32.8 Å². The molecule has 0 fully saturated rings. The molecular formula is C44H43B17O. The molecule has 18 heteroatoms. The Bertz CT molecular complexity index is 3700. The SMILES string of the molecule is Bc1c(B)c(B)c2c(-c3c(B)c(B)c4c(c3B)c(B)c(B)c3c(B)c(B)c(B)c(B)c34)c3c(B)c(B)c(B)c(B)c3c(-c3ccc4oc5c6ccccc6ccc5c4c3)c2c1B. The van der Waals surface area contributed by atoms with Crippen molar-refractivity contribution in [2.24, 2.45) is 0 Å². The van der Waals surface area contributed by atoms with Crippen LogP contribution in [0.3, 0.4) is 0 Å². The summed E-state index contributed by atoms with van der Waals surface area (Å²) in [5, 5.41) is 15.9. The van der Waals surface area contributed by atoms with Crippen LogP contribution < -0.4 is 92.9 Å². The van der Waals surface area contributed by atoms with Crippen LogP contribution in [0.4, 0.5) is 0 Å². The van der Waals surface area contributed by atoms with E-state index >= 15 is 0 Å². The van der Waals surface area contributed by atoms with E-state index in [2.05, 4.69) is 188 Å². The highest BCUT2D eigenvalue weighted by Crippen LogP contribution is 2.42. The largest absolute Gasteiger partial charge is 0.455 e. The average molecular weight is 772 g/mol. The molecule has 0 spiro atoms. The predicted octanol–water partition coefficient (Wildman–Crippen LogP) is -16.9. The topological polar surface area (TPSA) is 13.1 Å². The Morgan fingerprint density at radius 2 is 0.694 bits per heavy atom. The summed E-state index contributed by atoms with van der Waals surface area (Å²) in [6, 6.07) is 20.1. The quantitative estimate of drug-likeness (QED) is 0.0969. The molecule has 10 rings (SSSR count). The third-order valence-corrected chi connectivity index (χ3v) is 16.8. The molecule has 0 radical (unpaired) electrons. The van der Waals surface area contributed by atoms with Crippen molar-refractivity contribution in [2.75, 3.05) is 0 Å². The van der Waals surface area contributed by atoms with Crippen molar-refractivity contribution in [1.82, 2.24) is 0 Å². The van der Waals surface area contributed by atoms with Gasteiger partial charge in [0.2, 0.25) is 0 Å². The second-order valence-electron chi connectivity index (χ2n) is 19.2. The molecule has 0 aliphatic heterocycles. The highest BCUT2D eigenvalue weighted by molar-refractivity contribution is 6.76. The standard InChI is InChI=1S/C44H43B17O/c45-27-24(34(52)28(46)22-23-26(36(54)35(53)25(22)27)37(55)43(61)42(60)33(23)51)17-20-18(29(47)38(56)40(58)31(20)49)16(19-21(17)32(50)41(59)39(57)30(19)48)11-6-8-15-14(9-11)13-7-5-10-3-1-2-4-12(10)44(13)62-15/h1-9H,45-61H2. The maximum absolute atomic E-state index is 6.71. The molecule has 0 saturated carbocycles. The first-order valence-electron chi connectivity index (χ1n) is 22.6. The van der Waals surface area contributed by atoms with Gasteiger partial charge in [-0.3, -0.25) is 0 Å². The molecule has 10 aromatic rings. The minimum absolute atomic E-state index is 0.928. The van der Waals surface area contributed by atoms with E-state index in [0.29, 0.717) is 0 Å². The first kappa shape index (κ1) is 41.2. The van der Waals surface area contributed by atoms with Gasteiger partial charge in [-0.25, -0.2) is 0 Å². The molecule has 0 aliphatic carbocycles. The second-order valence-corrected chi connectivity index (χ2v) is 19.2. The summed E-state index contributed by atoms with van der Waals surface area (Å²) in [4.78, 5) is 0. The van der Waals surface area contributed by atoms with Crippen molar-refractivity contribution < 1.29 is 4.42 Å². The lowest BCUT2D eigenvalue weighted by atomic mass is 9.56. The molecule has 0 bridgehead atoms. The van der Waals surface area contributed by atoms with Crippen LogP contribution in [0.15, 0.2) is 59.0 Å². The van der Waals surface area contributed by atoms with Gasteiger partial charge in [-0.2, -0.15) is 0 Å². The number of hydrogen-bond donors (Lipinski definition) is 0. The Morgan fingerprint density at radius 3 is 1.23 bits per heavy atom. The van der Waals surface area contributed by atoms with E-state index in [-0.39, 0.29) is 0 Å². The van der Waals surface area contributed by atoms with Gasteiger partial charge in [0.05, 0.1) is 0 Å². The van der Waals surface area contributed by atoms with Gasteiger partial charge in [0.15, 0.2) is 0 Å². The molecule has 0 atom stereocenters. The number of hydrogen-bond acceptors (Lipinski definition) is 1. The number of fused-ring (bicyclic) bond motifs is 10. The maximum Gasteiger partial charge on any atom is 0.143 e. The fourth-order valence-corrected chi connectivity index (χ4v) is 12.1. The van der Waals surface area contributed by atoms with Gasteiger partial charge in [0.25, 0.3) is 0 Å². The molecule has 0 amide bonds. The molecule has 0 unspecified atom stereocenters. The summed E-state index contributed by atoms with van der Waals surface area (Å²) in [6.45, 7) is 0. The number of benzene rings is 9. The Labute approximate surface area is 381 Å². The average Bonchev–Trinajstić information content (AvgIpc) is 3.65. The molecule has 9 aromatic carbocycles. The molecule has 0 aliphatic rings. The molecule has 62 heavy (non-hydrogen) atoms. The fraction of sp³-hybridized carbons (Fsp3) is 0. The van der Waals surface area contributed by atoms with E-state index in [1.807, 2.05) is 0 Å². The molecule has 1 heterocycles. The Balaban J connectivity index is 1.46. The van der Waals surface area contributed by atoms with Crippen LogP contribution in [0, 0.1) is 0 Å². The molecule has 276 valence electrons. The normalized spacial score (nSPS) is 12.0. The van der Waals surface area contributed by atoms with Crippen molar-refractivity contribution >= 4 is 302 Å². The zero-order valence-electron chi connectivity index (χ0n) is 40.1. The first-order valence-corrected chi connectivity index (χ1v) is 22.6. The highest BCUT2D eigenvalue weighted by Gasteiger charge is 2.29. The third-order valence-electron chi connectivity index (χ3n) is 16.8. The predicted molar refractivity (Wildman–Crippen MR) is 331 cm³/mol. The van der Waals surface area contributed by atoms with E-state index in [4.69, 9.17) is 4.42 Å². The molecule has 1 nitrogen and oxygen atoms in total.